The summed E-state index contributed by atoms with van der Waals surface area (Å²) < 4.78 is 2.64. The predicted molar refractivity (Wildman–Crippen MR) is 135 cm³/mol. The van der Waals surface area contributed by atoms with Gasteiger partial charge >= 0.3 is 35.6 Å². The minimum atomic E-state index is -1.60. The standard InChI is InChI=1S/C21H31N3SSi.CH3.2ClH.Ti/c1-5-16-11-18-19(17-9-7-6-8-10-17)15(2)25-20(18)21(16)26(3,4)24-13-22-12-23-14-24;;;;/h6-10,16,18,20-21H,5,11-14H2,1-4H3;1H3;2*1H;/q-2;-1;;;+6/p-2. The summed E-state index contributed by atoms with van der Waals surface area (Å²) in [6.45, 7) is 12.4. The number of allylic oxidation sites excluding steroid dienone is 2. The number of rotatable bonds is 4. The van der Waals surface area contributed by atoms with Gasteiger partial charge in [-0.05, 0) is 46.8 Å². The minimum absolute atomic E-state index is 0. The average molecular weight is 519 g/mol. The van der Waals surface area contributed by atoms with Gasteiger partial charge in [0.2, 0.25) is 0 Å². The van der Waals surface area contributed by atoms with Gasteiger partial charge in [-0.25, -0.2) is 0 Å². The molecule has 4 unspecified atom stereocenters. The van der Waals surface area contributed by atoms with Crippen LogP contribution in [0.1, 0.15) is 32.3 Å². The van der Waals surface area contributed by atoms with Gasteiger partial charge in [0.25, 0.3) is 0 Å². The molecule has 8 heteroatoms. The van der Waals surface area contributed by atoms with Crippen molar-refractivity contribution in [3.05, 3.63) is 58.9 Å². The van der Waals surface area contributed by atoms with Crippen LogP contribution in [0.2, 0.25) is 18.6 Å². The number of halogens is 2. The molecule has 2 aliphatic heterocycles. The van der Waals surface area contributed by atoms with E-state index in [9.17, 15) is 0 Å². The second-order valence-electron chi connectivity index (χ2n) is 8.59. The fraction of sp³-hybridized carbons (Fsp3) is 0.591. The van der Waals surface area contributed by atoms with E-state index in [0.717, 1.165) is 36.0 Å². The molecule has 0 N–H and O–H groups in total. The third-order valence-corrected chi connectivity index (χ3v) is 12.9. The molecular formula is C22H34Cl2N3SSiTi+. The number of benzene rings is 1. The number of thioether (sulfide) groups is 1. The van der Waals surface area contributed by atoms with Gasteiger partial charge in [0, 0.05) is 5.25 Å². The third-order valence-electron chi connectivity index (χ3n) is 6.86. The molecule has 3 nitrogen and oxygen atoms in total. The van der Waals surface area contributed by atoms with E-state index in [1.54, 1.807) is 10.5 Å². The van der Waals surface area contributed by atoms with E-state index in [4.69, 9.17) is 18.6 Å². The van der Waals surface area contributed by atoms with Crippen molar-refractivity contribution in [2.75, 3.05) is 20.0 Å². The van der Waals surface area contributed by atoms with Gasteiger partial charge in [0.05, 0.1) is 0 Å². The Balaban J connectivity index is 0.000000757. The molecule has 2 fully saturated rings. The fourth-order valence-corrected chi connectivity index (χ4v) is 12.2. The first kappa shape index (κ1) is 26.9. The number of hydrogen-bond donors (Lipinski definition) is 0. The van der Waals surface area contributed by atoms with E-state index < -0.39 is 25.3 Å². The average Bonchev–Trinajstić information content (AvgIpc) is 3.23. The summed E-state index contributed by atoms with van der Waals surface area (Å²) >= 11 is 1.63. The molecule has 2 heterocycles. The molecule has 1 saturated heterocycles. The predicted octanol–water partition coefficient (Wildman–Crippen LogP) is 7.92. The molecule has 164 valence electrons. The molecule has 0 amide bonds. The molecule has 0 radical (unpaired) electrons. The third kappa shape index (κ3) is 5.60. The maximum atomic E-state index is 4.89. The van der Waals surface area contributed by atoms with Crippen LogP contribution in [0.3, 0.4) is 0 Å². The molecule has 0 aromatic heterocycles. The fourth-order valence-electron chi connectivity index (χ4n) is 5.55. The summed E-state index contributed by atoms with van der Waals surface area (Å²) in [5.74, 6) is 1.57. The number of fused-ring (bicyclic) bond motifs is 1. The van der Waals surface area contributed by atoms with Crippen LogP contribution in [-0.2, 0) is 17.0 Å². The van der Waals surface area contributed by atoms with E-state index in [-0.39, 0.29) is 7.43 Å². The van der Waals surface area contributed by atoms with Crippen molar-refractivity contribution in [2.45, 2.75) is 50.6 Å². The van der Waals surface area contributed by atoms with Crippen molar-refractivity contribution >= 4 is 44.2 Å². The Labute approximate surface area is 205 Å². The van der Waals surface area contributed by atoms with Crippen molar-refractivity contribution in [3.63, 3.8) is 0 Å². The summed E-state index contributed by atoms with van der Waals surface area (Å²) in [6.07, 6.45) is 2.66. The van der Waals surface area contributed by atoms with Crippen LogP contribution in [0.5, 0.6) is 0 Å². The Morgan fingerprint density at radius 3 is 2.33 bits per heavy atom. The maximum absolute atomic E-state index is 4.89. The van der Waals surface area contributed by atoms with Crippen molar-refractivity contribution in [1.82, 2.24) is 4.57 Å². The Morgan fingerprint density at radius 1 is 1.17 bits per heavy atom. The van der Waals surface area contributed by atoms with E-state index >= 15 is 0 Å². The van der Waals surface area contributed by atoms with Crippen LogP contribution in [-0.4, -0.2) is 38.1 Å². The number of nitrogens with zero attached hydrogens (tertiary/aromatic N) is 3. The summed E-state index contributed by atoms with van der Waals surface area (Å²) in [5.41, 5.74) is 3.91. The van der Waals surface area contributed by atoms with Gasteiger partial charge < -0.3 is 22.6 Å². The number of hydrogen-bond acceptors (Lipinski definition) is 2. The normalized spacial score (nSPS) is 29.3. The molecule has 4 atom stereocenters. The van der Waals surface area contributed by atoms with Crippen molar-refractivity contribution in [1.29, 1.82) is 0 Å². The van der Waals surface area contributed by atoms with Crippen LogP contribution >= 0.6 is 30.4 Å². The van der Waals surface area contributed by atoms with Gasteiger partial charge in [0.15, 0.2) is 0 Å². The molecule has 1 aromatic rings. The van der Waals surface area contributed by atoms with E-state index in [0.29, 0.717) is 6.67 Å². The van der Waals surface area contributed by atoms with Crippen LogP contribution < -0.4 is 0 Å². The van der Waals surface area contributed by atoms with Crippen LogP contribution in [0.4, 0.5) is 0 Å². The van der Waals surface area contributed by atoms with Gasteiger partial charge in [0.1, 0.15) is 8.24 Å². The van der Waals surface area contributed by atoms with Gasteiger partial charge in [-0.2, -0.15) is 0 Å². The van der Waals surface area contributed by atoms with E-state index in [1.165, 1.54) is 18.4 Å². The zero-order chi connectivity index (χ0) is 21.0. The summed E-state index contributed by atoms with van der Waals surface area (Å²) in [6, 6.07) is 11.1. The van der Waals surface area contributed by atoms with Crippen LogP contribution in [0, 0.1) is 19.3 Å². The molecule has 30 heavy (non-hydrogen) atoms. The zero-order valence-electron chi connectivity index (χ0n) is 18.7. The molecular weight excluding hydrogens is 485 g/mol. The molecule has 0 spiro atoms. The van der Waals surface area contributed by atoms with Gasteiger partial charge in [-0.1, -0.05) is 56.8 Å². The summed E-state index contributed by atoms with van der Waals surface area (Å²) in [5, 5.41) is 9.92. The van der Waals surface area contributed by atoms with Crippen LogP contribution in [0.15, 0.2) is 35.2 Å². The summed E-state index contributed by atoms with van der Waals surface area (Å²) in [7, 11) is 8.18. The first-order valence-corrected chi connectivity index (χ1v) is 18.6. The molecule has 1 saturated carbocycles. The van der Waals surface area contributed by atoms with Crippen molar-refractivity contribution < 1.29 is 17.0 Å². The van der Waals surface area contributed by atoms with Crippen molar-refractivity contribution in [2.24, 2.45) is 11.8 Å². The van der Waals surface area contributed by atoms with Crippen LogP contribution in [0.25, 0.3) is 16.2 Å². The quantitative estimate of drug-likeness (QED) is 0.299. The van der Waals surface area contributed by atoms with Crippen molar-refractivity contribution in [3.8, 4) is 0 Å². The van der Waals surface area contributed by atoms with E-state index in [1.807, 2.05) is 0 Å². The van der Waals surface area contributed by atoms with Gasteiger partial charge in [-0.3, -0.25) is 6.67 Å². The topological polar surface area (TPSA) is 31.4 Å². The Morgan fingerprint density at radius 2 is 1.77 bits per heavy atom. The summed E-state index contributed by atoms with van der Waals surface area (Å²) in [4.78, 5) is 1.56. The Kier molecular flexibility index (Phi) is 11.0. The Bertz CT molecular complexity index is 701. The first-order valence-electron chi connectivity index (χ1n) is 10.4. The SMILES string of the molecule is CCC1CC2C(c3ccccc3)=C(C)SC2C1[Si](C)(C)N1C[N-]C[N-]C1.[CH3-].[Cl][Ti+4][Cl]. The second kappa shape index (κ2) is 12.2. The monoisotopic (exact) mass is 518 g/mol. The van der Waals surface area contributed by atoms with Gasteiger partial charge in [-0.15, -0.1) is 25.1 Å². The molecule has 0 bridgehead atoms. The molecule has 1 aliphatic carbocycles. The molecule has 4 rings (SSSR count). The van der Waals surface area contributed by atoms with E-state index in [2.05, 4.69) is 84.2 Å². The molecule has 1 aromatic carbocycles. The second-order valence-corrected chi connectivity index (χ2v) is 17.2. The first-order chi connectivity index (χ1) is 14.0. The Hall–Kier alpha value is 0.701. The zero-order valence-corrected chi connectivity index (χ0v) is 23.6. The molecule has 3 aliphatic rings.